The Morgan fingerprint density at radius 3 is 1.92 bits per heavy atom. The quantitative estimate of drug-likeness (QED) is 0.602. The average molecular weight is 326 g/mol. The van der Waals surface area contributed by atoms with Gasteiger partial charge in [-0.3, -0.25) is 4.79 Å². The Morgan fingerprint density at radius 2 is 1.38 bits per heavy atom. The molecule has 0 bridgehead atoms. The van der Waals surface area contributed by atoms with Crippen molar-refractivity contribution in [2.24, 2.45) is 0 Å². The van der Waals surface area contributed by atoms with E-state index in [0.29, 0.717) is 11.1 Å². The fourth-order valence-electron chi connectivity index (χ4n) is 2.08. The first-order chi connectivity index (χ1) is 11.5. The minimum absolute atomic E-state index is 0.260. The maximum atomic E-state index is 12.2. The highest BCUT2D eigenvalue weighted by Crippen LogP contribution is 2.11. The molecule has 0 spiro atoms. The van der Waals surface area contributed by atoms with Crippen molar-refractivity contribution in [2.45, 2.75) is 20.0 Å². The van der Waals surface area contributed by atoms with E-state index in [0.717, 1.165) is 0 Å². The molecule has 1 atom stereocenters. The Labute approximate surface area is 140 Å². The number of Topliss-reactive ketones (excluding diaryl/α,β-unsaturated/α-hetero) is 1. The third-order valence-corrected chi connectivity index (χ3v) is 3.34. The van der Waals surface area contributed by atoms with Gasteiger partial charge in [-0.1, -0.05) is 30.3 Å². The summed E-state index contributed by atoms with van der Waals surface area (Å²) < 4.78 is 10.1. The fraction of sp³-hybridized carbons (Fsp3) is 0.211. The molecule has 0 fully saturated rings. The van der Waals surface area contributed by atoms with E-state index >= 15 is 0 Å². The van der Waals surface area contributed by atoms with E-state index in [1.165, 1.54) is 31.2 Å². The zero-order valence-corrected chi connectivity index (χ0v) is 13.5. The van der Waals surface area contributed by atoms with Crippen LogP contribution in [0.5, 0.6) is 0 Å². The number of carbonyl (C=O) groups is 3. The van der Waals surface area contributed by atoms with Gasteiger partial charge >= 0.3 is 11.9 Å². The second-order valence-corrected chi connectivity index (χ2v) is 5.08. The summed E-state index contributed by atoms with van der Waals surface area (Å²) in [6.45, 7) is 3.52. The van der Waals surface area contributed by atoms with E-state index in [1.807, 2.05) is 0 Å². The summed E-state index contributed by atoms with van der Waals surface area (Å²) in [5, 5.41) is 0. The number of benzene rings is 2. The van der Waals surface area contributed by atoms with Crippen molar-refractivity contribution in [1.82, 2.24) is 0 Å². The molecule has 0 heterocycles. The molecule has 2 aromatic carbocycles. The third-order valence-electron chi connectivity index (χ3n) is 3.34. The molecule has 0 aliphatic carbocycles. The van der Waals surface area contributed by atoms with E-state index in [4.69, 9.17) is 9.47 Å². The Hall–Kier alpha value is -2.95. The Morgan fingerprint density at radius 1 is 0.833 bits per heavy atom. The number of ketones is 1. The molecule has 1 unspecified atom stereocenters. The molecule has 0 N–H and O–H groups in total. The predicted octanol–water partition coefficient (Wildman–Crippen LogP) is 3.29. The van der Waals surface area contributed by atoms with Crippen LogP contribution in [0.1, 0.15) is 44.9 Å². The lowest BCUT2D eigenvalue weighted by atomic mass is 10.1. The maximum Gasteiger partial charge on any atom is 0.338 e. The van der Waals surface area contributed by atoms with Gasteiger partial charge in [-0.25, -0.2) is 9.59 Å². The second-order valence-electron chi connectivity index (χ2n) is 5.08. The lowest BCUT2D eigenvalue weighted by molar-refractivity contribution is 0.0318. The Kier molecular flexibility index (Phi) is 5.84. The van der Waals surface area contributed by atoms with Crippen molar-refractivity contribution < 1.29 is 23.9 Å². The smallest absolute Gasteiger partial charge is 0.338 e. The largest absolute Gasteiger partial charge is 0.462 e. The van der Waals surface area contributed by atoms with E-state index in [1.54, 1.807) is 37.3 Å². The SMILES string of the molecule is CCOC(=O)c1ccc(C(=O)OC(C)C(=O)c2ccccc2)cc1. The molecule has 0 saturated carbocycles. The van der Waals surface area contributed by atoms with Crippen LogP contribution in [0.25, 0.3) is 0 Å². The summed E-state index contributed by atoms with van der Waals surface area (Å²) in [6, 6.07) is 14.5. The molecule has 0 aromatic heterocycles. The summed E-state index contributed by atoms with van der Waals surface area (Å²) in [6.07, 6.45) is -0.898. The summed E-state index contributed by atoms with van der Waals surface area (Å²) in [4.78, 5) is 35.9. The van der Waals surface area contributed by atoms with Gasteiger partial charge in [0.1, 0.15) is 0 Å². The Bertz CT molecular complexity index is 719. The summed E-state index contributed by atoms with van der Waals surface area (Å²) in [5.74, 6) is -1.35. The molecule has 5 nitrogen and oxygen atoms in total. The van der Waals surface area contributed by atoms with Gasteiger partial charge in [0.2, 0.25) is 5.78 Å². The second kappa shape index (κ2) is 8.06. The standard InChI is InChI=1S/C19H18O5/c1-3-23-18(21)15-9-11-16(12-10-15)19(22)24-13(2)17(20)14-7-5-4-6-8-14/h4-13H,3H2,1-2H3. The highest BCUT2D eigenvalue weighted by atomic mass is 16.5. The first-order valence-electron chi connectivity index (χ1n) is 7.60. The van der Waals surface area contributed by atoms with E-state index in [-0.39, 0.29) is 18.0 Å². The molecule has 2 aromatic rings. The summed E-state index contributed by atoms with van der Waals surface area (Å²) in [7, 11) is 0. The van der Waals surface area contributed by atoms with Gasteiger partial charge in [0.05, 0.1) is 17.7 Å². The van der Waals surface area contributed by atoms with Crippen molar-refractivity contribution in [1.29, 1.82) is 0 Å². The Balaban J connectivity index is 2.01. The van der Waals surface area contributed by atoms with Crippen molar-refractivity contribution in [3.05, 3.63) is 71.3 Å². The lowest BCUT2D eigenvalue weighted by Gasteiger charge is -2.12. The van der Waals surface area contributed by atoms with Gasteiger partial charge in [-0.05, 0) is 38.1 Å². The van der Waals surface area contributed by atoms with Crippen LogP contribution in [0, 0.1) is 0 Å². The molecule has 24 heavy (non-hydrogen) atoms. The monoisotopic (exact) mass is 326 g/mol. The molecule has 0 aliphatic rings. The van der Waals surface area contributed by atoms with Gasteiger partial charge in [0.25, 0.3) is 0 Å². The molecule has 0 amide bonds. The molecule has 0 saturated heterocycles. The lowest BCUT2D eigenvalue weighted by Crippen LogP contribution is -2.24. The zero-order valence-electron chi connectivity index (χ0n) is 13.5. The third kappa shape index (κ3) is 4.29. The number of rotatable bonds is 6. The summed E-state index contributed by atoms with van der Waals surface area (Å²) in [5.41, 5.74) is 1.09. The molecule has 2 rings (SSSR count). The number of carbonyl (C=O) groups excluding carboxylic acids is 3. The van der Waals surface area contributed by atoms with Gasteiger partial charge < -0.3 is 9.47 Å². The van der Waals surface area contributed by atoms with Crippen LogP contribution in [0.15, 0.2) is 54.6 Å². The van der Waals surface area contributed by atoms with E-state index < -0.39 is 18.0 Å². The van der Waals surface area contributed by atoms with E-state index in [2.05, 4.69) is 0 Å². The molecular weight excluding hydrogens is 308 g/mol. The van der Waals surface area contributed by atoms with Gasteiger partial charge in [-0.2, -0.15) is 0 Å². The topological polar surface area (TPSA) is 69.7 Å². The number of hydrogen-bond acceptors (Lipinski definition) is 5. The van der Waals surface area contributed by atoms with Crippen LogP contribution in [0.4, 0.5) is 0 Å². The van der Waals surface area contributed by atoms with Gasteiger partial charge in [-0.15, -0.1) is 0 Å². The first-order valence-corrected chi connectivity index (χ1v) is 7.60. The minimum atomic E-state index is -0.898. The van der Waals surface area contributed by atoms with Crippen molar-refractivity contribution in [2.75, 3.05) is 6.61 Å². The van der Waals surface area contributed by atoms with Crippen LogP contribution in [0.2, 0.25) is 0 Å². The number of ether oxygens (including phenoxy) is 2. The van der Waals surface area contributed by atoms with Crippen molar-refractivity contribution >= 4 is 17.7 Å². The fourth-order valence-corrected chi connectivity index (χ4v) is 2.08. The molecule has 5 heteroatoms. The first kappa shape index (κ1) is 17.4. The predicted molar refractivity (Wildman–Crippen MR) is 88.0 cm³/mol. The number of esters is 2. The van der Waals surface area contributed by atoms with Gasteiger partial charge in [0, 0.05) is 5.56 Å². The molecule has 0 radical (unpaired) electrons. The molecular formula is C19H18O5. The van der Waals surface area contributed by atoms with Crippen molar-refractivity contribution in [3.63, 3.8) is 0 Å². The van der Waals surface area contributed by atoms with Crippen LogP contribution in [-0.4, -0.2) is 30.4 Å². The molecule has 124 valence electrons. The highest BCUT2D eigenvalue weighted by molar-refractivity contribution is 6.01. The van der Waals surface area contributed by atoms with Crippen LogP contribution in [-0.2, 0) is 9.47 Å². The van der Waals surface area contributed by atoms with Crippen molar-refractivity contribution in [3.8, 4) is 0 Å². The normalized spacial score (nSPS) is 11.4. The molecule has 0 aliphatic heterocycles. The maximum absolute atomic E-state index is 12.2. The van der Waals surface area contributed by atoms with Gasteiger partial charge in [0.15, 0.2) is 6.10 Å². The van der Waals surface area contributed by atoms with E-state index in [9.17, 15) is 14.4 Å². The van der Waals surface area contributed by atoms with Crippen LogP contribution in [0.3, 0.4) is 0 Å². The summed E-state index contributed by atoms with van der Waals surface area (Å²) >= 11 is 0. The zero-order chi connectivity index (χ0) is 17.5. The highest BCUT2D eigenvalue weighted by Gasteiger charge is 2.20. The van der Waals surface area contributed by atoms with Crippen LogP contribution >= 0.6 is 0 Å². The number of hydrogen-bond donors (Lipinski definition) is 0. The minimum Gasteiger partial charge on any atom is -0.462 e. The average Bonchev–Trinajstić information content (AvgIpc) is 2.62. The van der Waals surface area contributed by atoms with Crippen LogP contribution < -0.4 is 0 Å².